The minimum atomic E-state index is 0.720. The van der Waals surface area contributed by atoms with E-state index in [0.717, 1.165) is 18.6 Å². The molecule has 0 spiro atoms. The number of nitrogens with one attached hydrogen (secondary N) is 1. The average Bonchev–Trinajstić information content (AvgIpc) is 2.94. The van der Waals surface area contributed by atoms with Gasteiger partial charge in [0.1, 0.15) is 0 Å². The van der Waals surface area contributed by atoms with Gasteiger partial charge in [-0.2, -0.15) is 0 Å². The zero-order valence-corrected chi connectivity index (χ0v) is 12.2. The van der Waals surface area contributed by atoms with Gasteiger partial charge in [0.05, 0.1) is 0 Å². The predicted molar refractivity (Wildman–Crippen MR) is 82.8 cm³/mol. The smallest absolute Gasteiger partial charge is 0.0480 e. The number of benzene rings is 1. The Morgan fingerprint density at radius 2 is 2.00 bits per heavy atom. The summed E-state index contributed by atoms with van der Waals surface area (Å²) in [6.45, 7) is 3.52. The third-order valence-electron chi connectivity index (χ3n) is 5.04. The maximum absolute atomic E-state index is 3.76. The molecule has 1 aromatic carbocycles. The molecule has 2 aliphatic heterocycles. The third-order valence-corrected chi connectivity index (χ3v) is 5.04. The van der Waals surface area contributed by atoms with Gasteiger partial charge in [0.25, 0.3) is 0 Å². The summed E-state index contributed by atoms with van der Waals surface area (Å²) in [5.41, 5.74) is 2.78. The Hall–Kier alpha value is -1.32. The van der Waals surface area contributed by atoms with Crippen LogP contribution in [-0.4, -0.2) is 34.6 Å². The summed E-state index contributed by atoms with van der Waals surface area (Å²) in [6, 6.07) is 12.5. The maximum atomic E-state index is 3.76. The lowest BCUT2D eigenvalue weighted by atomic mass is 10.1. The van der Waals surface area contributed by atoms with E-state index in [9.17, 15) is 0 Å². The fourth-order valence-corrected chi connectivity index (χ4v) is 3.89. The van der Waals surface area contributed by atoms with E-state index in [1.807, 2.05) is 0 Å². The molecular formula is C17H23N3. The molecule has 3 heteroatoms. The largest absolute Gasteiger partial charge is 0.346 e. The van der Waals surface area contributed by atoms with Gasteiger partial charge in [0.2, 0.25) is 0 Å². The van der Waals surface area contributed by atoms with Crippen molar-refractivity contribution in [2.75, 3.05) is 13.1 Å². The van der Waals surface area contributed by atoms with Crippen molar-refractivity contribution in [3.05, 3.63) is 36.0 Å². The molecule has 20 heavy (non-hydrogen) atoms. The quantitative estimate of drug-likeness (QED) is 0.904. The van der Waals surface area contributed by atoms with Gasteiger partial charge in [0, 0.05) is 50.0 Å². The van der Waals surface area contributed by atoms with Crippen LogP contribution in [0, 0.1) is 0 Å². The van der Waals surface area contributed by atoms with Gasteiger partial charge in [-0.05, 0) is 36.8 Å². The molecule has 1 aromatic heterocycles. The number of aromatic nitrogens is 1. The second-order valence-electron chi connectivity index (χ2n) is 6.42. The SMILES string of the molecule is Cn1c(CN2CC[C@H]3CC[C@@H](C2)N3)cc2ccccc21. The highest BCUT2D eigenvalue weighted by atomic mass is 15.2. The van der Waals surface area contributed by atoms with Crippen LogP contribution in [0.1, 0.15) is 25.0 Å². The number of hydrogen-bond donors (Lipinski definition) is 1. The first-order valence-corrected chi connectivity index (χ1v) is 7.81. The van der Waals surface area contributed by atoms with E-state index in [1.54, 1.807) is 0 Å². The number of rotatable bonds is 2. The molecule has 0 unspecified atom stereocenters. The summed E-state index contributed by atoms with van der Waals surface area (Å²) >= 11 is 0. The normalized spacial score (nSPS) is 27.1. The molecule has 4 rings (SSSR count). The fourth-order valence-electron chi connectivity index (χ4n) is 3.89. The first kappa shape index (κ1) is 12.4. The Morgan fingerprint density at radius 1 is 1.15 bits per heavy atom. The Kier molecular flexibility index (Phi) is 3.04. The van der Waals surface area contributed by atoms with Crippen LogP contribution >= 0.6 is 0 Å². The van der Waals surface area contributed by atoms with Crippen LogP contribution in [-0.2, 0) is 13.6 Å². The standard InChI is InChI=1S/C17H23N3/c1-19-16(10-13-4-2-3-5-17(13)19)12-20-9-8-14-6-7-15(11-20)18-14/h2-5,10,14-15,18H,6-9,11-12H2,1H3/t14-,15+/m1/s1. The summed E-state index contributed by atoms with van der Waals surface area (Å²) in [4.78, 5) is 2.63. The summed E-state index contributed by atoms with van der Waals surface area (Å²) in [7, 11) is 2.19. The highest BCUT2D eigenvalue weighted by Crippen LogP contribution is 2.23. The second-order valence-corrected chi connectivity index (χ2v) is 6.42. The minimum absolute atomic E-state index is 0.720. The molecule has 0 saturated carbocycles. The van der Waals surface area contributed by atoms with E-state index in [2.05, 4.69) is 52.2 Å². The van der Waals surface area contributed by atoms with E-state index in [0.29, 0.717) is 0 Å². The van der Waals surface area contributed by atoms with Crippen LogP contribution in [0.15, 0.2) is 30.3 Å². The molecule has 2 bridgehead atoms. The van der Waals surface area contributed by atoms with Crippen LogP contribution in [0.5, 0.6) is 0 Å². The molecule has 2 aliphatic rings. The number of para-hydroxylation sites is 1. The molecule has 2 saturated heterocycles. The average molecular weight is 269 g/mol. The number of aryl methyl sites for hydroxylation is 1. The molecule has 106 valence electrons. The number of hydrogen-bond acceptors (Lipinski definition) is 2. The van der Waals surface area contributed by atoms with E-state index < -0.39 is 0 Å². The summed E-state index contributed by atoms with van der Waals surface area (Å²) < 4.78 is 2.35. The minimum Gasteiger partial charge on any atom is -0.346 e. The zero-order valence-electron chi connectivity index (χ0n) is 12.2. The zero-order chi connectivity index (χ0) is 13.5. The first-order chi connectivity index (χ1) is 9.79. The van der Waals surface area contributed by atoms with E-state index in [-0.39, 0.29) is 0 Å². The fraction of sp³-hybridized carbons (Fsp3) is 0.529. The highest BCUT2D eigenvalue weighted by Gasteiger charge is 2.29. The lowest BCUT2D eigenvalue weighted by Gasteiger charge is -2.24. The maximum Gasteiger partial charge on any atom is 0.0480 e. The molecule has 3 nitrogen and oxygen atoms in total. The number of nitrogens with zero attached hydrogens (tertiary/aromatic N) is 2. The van der Waals surface area contributed by atoms with Gasteiger partial charge in [0.15, 0.2) is 0 Å². The first-order valence-electron chi connectivity index (χ1n) is 7.81. The van der Waals surface area contributed by atoms with Gasteiger partial charge in [-0.15, -0.1) is 0 Å². The molecule has 0 amide bonds. The van der Waals surface area contributed by atoms with Crippen molar-refractivity contribution < 1.29 is 0 Å². The third kappa shape index (κ3) is 2.15. The van der Waals surface area contributed by atoms with Crippen molar-refractivity contribution in [2.45, 2.75) is 37.9 Å². The van der Waals surface area contributed by atoms with Crippen LogP contribution in [0.25, 0.3) is 10.9 Å². The summed E-state index contributed by atoms with van der Waals surface area (Å²) in [6.07, 6.45) is 4.04. The highest BCUT2D eigenvalue weighted by molar-refractivity contribution is 5.81. The Labute approximate surface area is 120 Å². The number of fused-ring (bicyclic) bond motifs is 3. The van der Waals surface area contributed by atoms with Crippen LogP contribution in [0.3, 0.4) is 0 Å². The predicted octanol–water partition coefficient (Wildman–Crippen LogP) is 2.50. The molecule has 2 atom stereocenters. The molecule has 2 fully saturated rings. The number of likely N-dealkylation sites (tertiary alicyclic amines) is 1. The molecule has 0 aliphatic carbocycles. The lowest BCUT2D eigenvalue weighted by molar-refractivity contribution is 0.246. The van der Waals surface area contributed by atoms with Crippen molar-refractivity contribution in [2.24, 2.45) is 7.05 Å². The molecule has 3 heterocycles. The molecular weight excluding hydrogens is 246 g/mol. The summed E-state index contributed by atoms with van der Waals surface area (Å²) in [5.74, 6) is 0. The Balaban J connectivity index is 1.56. The molecule has 2 aromatic rings. The van der Waals surface area contributed by atoms with Crippen molar-refractivity contribution >= 4 is 10.9 Å². The van der Waals surface area contributed by atoms with Gasteiger partial charge < -0.3 is 9.88 Å². The van der Waals surface area contributed by atoms with Gasteiger partial charge in [-0.3, -0.25) is 4.90 Å². The summed E-state index contributed by atoms with van der Waals surface area (Å²) in [5, 5.41) is 5.12. The van der Waals surface area contributed by atoms with Crippen LogP contribution in [0.4, 0.5) is 0 Å². The van der Waals surface area contributed by atoms with Gasteiger partial charge >= 0.3 is 0 Å². The molecule has 1 N–H and O–H groups in total. The monoisotopic (exact) mass is 269 g/mol. The van der Waals surface area contributed by atoms with Crippen molar-refractivity contribution in [3.8, 4) is 0 Å². The van der Waals surface area contributed by atoms with Gasteiger partial charge in [-0.25, -0.2) is 0 Å². The Bertz CT molecular complexity index is 616. The van der Waals surface area contributed by atoms with Crippen molar-refractivity contribution in [1.29, 1.82) is 0 Å². The topological polar surface area (TPSA) is 20.2 Å². The molecule has 0 radical (unpaired) electrons. The van der Waals surface area contributed by atoms with E-state index in [1.165, 1.54) is 48.9 Å². The van der Waals surface area contributed by atoms with Crippen molar-refractivity contribution in [1.82, 2.24) is 14.8 Å². The second kappa shape index (κ2) is 4.90. The Morgan fingerprint density at radius 3 is 2.90 bits per heavy atom. The van der Waals surface area contributed by atoms with Crippen LogP contribution in [0.2, 0.25) is 0 Å². The van der Waals surface area contributed by atoms with E-state index >= 15 is 0 Å². The lowest BCUT2D eigenvalue weighted by Crippen LogP contribution is -2.35. The van der Waals surface area contributed by atoms with E-state index in [4.69, 9.17) is 0 Å². The van der Waals surface area contributed by atoms with Crippen LogP contribution < -0.4 is 5.32 Å². The van der Waals surface area contributed by atoms with Gasteiger partial charge in [-0.1, -0.05) is 18.2 Å². The van der Waals surface area contributed by atoms with Crippen molar-refractivity contribution in [3.63, 3.8) is 0 Å².